The van der Waals surface area contributed by atoms with Crippen molar-refractivity contribution in [1.82, 2.24) is 0 Å². The molecule has 0 amide bonds. The topological polar surface area (TPSA) is 72.2 Å². The molecule has 0 aliphatic rings. The normalized spacial score (nSPS) is 11.6. The highest BCUT2D eigenvalue weighted by molar-refractivity contribution is 9.10. The number of anilines is 1. The second kappa shape index (κ2) is 5.98. The molecule has 0 aliphatic carbocycles. The van der Waals surface area contributed by atoms with Gasteiger partial charge in [0.1, 0.15) is 10.7 Å². The van der Waals surface area contributed by atoms with E-state index in [0.29, 0.717) is 4.88 Å². The van der Waals surface area contributed by atoms with Crippen molar-refractivity contribution in [2.24, 2.45) is 5.73 Å². The quantitative estimate of drug-likeness (QED) is 0.825. The van der Waals surface area contributed by atoms with Gasteiger partial charge in [0.15, 0.2) is 0 Å². The zero-order chi connectivity index (χ0) is 14.9. The van der Waals surface area contributed by atoms with E-state index in [9.17, 15) is 12.8 Å². The molecule has 1 aromatic carbocycles. The van der Waals surface area contributed by atoms with Gasteiger partial charge in [-0.1, -0.05) is 11.6 Å². The molecule has 0 aliphatic heterocycles. The van der Waals surface area contributed by atoms with E-state index in [4.69, 9.17) is 17.3 Å². The maximum absolute atomic E-state index is 13.1. The smallest absolute Gasteiger partial charge is 0.263 e. The fourth-order valence-electron chi connectivity index (χ4n) is 1.55. The molecule has 0 saturated carbocycles. The first-order chi connectivity index (χ1) is 9.35. The summed E-state index contributed by atoms with van der Waals surface area (Å²) in [5.74, 6) is -0.567. The second-order valence-corrected chi connectivity index (χ2v) is 7.68. The molecule has 0 unspecified atom stereocenters. The summed E-state index contributed by atoms with van der Waals surface area (Å²) < 4.78 is 40.3. The van der Waals surface area contributed by atoms with Gasteiger partial charge in [0.05, 0.1) is 10.7 Å². The molecule has 0 radical (unpaired) electrons. The van der Waals surface area contributed by atoms with E-state index in [1.165, 1.54) is 17.4 Å². The maximum atomic E-state index is 13.1. The van der Waals surface area contributed by atoms with Gasteiger partial charge in [-0.2, -0.15) is 0 Å². The van der Waals surface area contributed by atoms with Crippen LogP contribution in [0.15, 0.2) is 32.9 Å². The summed E-state index contributed by atoms with van der Waals surface area (Å²) in [4.78, 5) is 0.629. The van der Waals surface area contributed by atoms with Crippen LogP contribution in [0.4, 0.5) is 10.1 Å². The summed E-state index contributed by atoms with van der Waals surface area (Å²) in [6.45, 7) is 0.117. The largest absolute Gasteiger partial charge is 0.326 e. The van der Waals surface area contributed by atoms with E-state index >= 15 is 0 Å². The van der Waals surface area contributed by atoms with Crippen LogP contribution in [0.3, 0.4) is 0 Å². The number of sulfonamides is 1. The van der Waals surface area contributed by atoms with Gasteiger partial charge in [-0.05, 0) is 39.5 Å². The van der Waals surface area contributed by atoms with Crippen LogP contribution in [-0.4, -0.2) is 8.42 Å². The van der Waals surface area contributed by atoms with Gasteiger partial charge in [-0.25, -0.2) is 12.8 Å². The highest BCUT2D eigenvalue weighted by Gasteiger charge is 2.21. The Kier molecular flexibility index (Phi) is 4.70. The fourth-order valence-corrected chi connectivity index (χ4v) is 5.07. The predicted molar refractivity (Wildman–Crippen MR) is 82.1 cm³/mol. The van der Waals surface area contributed by atoms with E-state index in [1.807, 2.05) is 0 Å². The zero-order valence-corrected chi connectivity index (χ0v) is 13.8. The van der Waals surface area contributed by atoms with Crippen molar-refractivity contribution in [3.63, 3.8) is 0 Å². The third-order valence-electron chi connectivity index (χ3n) is 2.42. The minimum absolute atomic E-state index is 0.0371. The number of rotatable bonds is 4. The number of benzene rings is 1. The van der Waals surface area contributed by atoms with Crippen LogP contribution < -0.4 is 10.5 Å². The molecule has 0 atom stereocenters. The zero-order valence-electron chi connectivity index (χ0n) is 9.86. The Morgan fingerprint density at radius 2 is 2.15 bits per heavy atom. The maximum Gasteiger partial charge on any atom is 0.263 e. The molecule has 0 fully saturated rings. The van der Waals surface area contributed by atoms with Crippen molar-refractivity contribution in [2.75, 3.05) is 4.72 Å². The van der Waals surface area contributed by atoms with Crippen LogP contribution in [0.5, 0.6) is 0 Å². The molecule has 0 spiro atoms. The number of hydrogen-bond acceptors (Lipinski definition) is 4. The number of halogens is 3. The summed E-state index contributed by atoms with van der Waals surface area (Å²) in [6, 6.07) is 3.61. The van der Waals surface area contributed by atoms with Crippen molar-refractivity contribution >= 4 is 54.6 Å². The van der Waals surface area contributed by atoms with Gasteiger partial charge in [-0.3, -0.25) is 4.72 Å². The lowest BCUT2D eigenvalue weighted by atomic mass is 10.3. The third kappa shape index (κ3) is 3.15. The van der Waals surface area contributed by atoms with Crippen LogP contribution >= 0.6 is 38.9 Å². The molecule has 0 saturated heterocycles. The average Bonchev–Trinajstić information content (AvgIpc) is 2.83. The second-order valence-electron chi connectivity index (χ2n) is 3.76. The number of hydrogen-bond donors (Lipinski definition) is 2. The van der Waals surface area contributed by atoms with E-state index in [-0.39, 0.29) is 26.6 Å². The Labute approximate surface area is 132 Å². The monoisotopic (exact) mass is 398 g/mol. The Morgan fingerprint density at radius 1 is 1.45 bits per heavy atom. The van der Waals surface area contributed by atoms with Crippen molar-refractivity contribution in [3.8, 4) is 0 Å². The van der Waals surface area contributed by atoms with Gasteiger partial charge >= 0.3 is 0 Å². The number of nitrogens with one attached hydrogen (secondary N) is 1. The summed E-state index contributed by atoms with van der Waals surface area (Å²) in [5.41, 5.74) is 5.58. The Morgan fingerprint density at radius 3 is 2.75 bits per heavy atom. The van der Waals surface area contributed by atoms with E-state index in [1.54, 1.807) is 5.38 Å². The summed E-state index contributed by atoms with van der Waals surface area (Å²) in [5, 5.41) is 1.60. The average molecular weight is 400 g/mol. The molecule has 20 heavy (non-hydrogen) atoms. The highest BCUT2D eigenvalue weighted by Crippen LogP contribution is 2.34. The number of nitrogens with two attached hydrogens (primary N) is 1. The molecule has 1 aromatic heterocycles. The van der Waals surface area contributed by atoms with Gasteiger partial charge < -0.3 is 5.73 Å². The van der Waals surface area contributed by atoms with Gasteiger partial charge in [-0.15, -0.1) is 11.3 Å². The van der Waals surface area contributed by atoms with Crippen molar-refractivity contribution in [1.29, 1.82) is 0 Å². The predicted octanol–water partition coefficient (Wildman–Crippen LogP) is 3.56. The number of thiophene rings is 1. The fraction of sp³-hybridized carbons (Fsp3) is 0.0909. The molecule has 9 heteroatoms. The van der Waals surface area contributed by atoms with Crippen molar-refractivity contribution in [3.05, 3.63) is 43.8 Å². The van der Waals surface area contributed by atoms with Crippen LogP contribution in [0.2, 0.25) is 5.02 Å². The molecule has 3 N–H and O–H groups in total. The molecule has 4 nitrogen and oxygen atoms in total. The van der Waals surface area contributed by atoms with Crippen LogP contribution in [-0.2, 0) is 16.6 Å². The van der Waals surface area contributed by atoms with Gasteiger partial charge in [0.25, 0.3) is 10.0 Å². The van der Waals surface area contributed by atoms with Crippen molar-refractivity contribution in [2.45, 2.75) is 11.4 Å². The van der Waals surface area contributed by atoms with Gasteiger partial charge in [0.2, 0.25) is 0 Å². The third-order valence-corrected chi connectivity index (χ3v) is 5.85. The lowest BCUT2D eigenvalue weighted by molar-refractivity contribution is 0.600. The Bertz CT molecular complexity index is 726. The Hall–Kier alpha value is -0.670. The van der Waals surface area contributed by atoms with E-state index < -0.39 is 15.8 Å². The van der Waals surface area contributed by atoms with Crippen LogP contribution in [0, 0.1) is 5.82 Å². The molecule has 2 aromatic rings. The van der Waals surface area contributed by atoms with Crippen molar-refractivity contribution < 1.29 is 12.8 Å². The summed E-state index contributed by atoms with van der Waals surface area (Å²) in [7, 11) is -3.83. The van der Waals surface area contributed by atoms with E-state index in [2.05, 4.69) is 20.7 Å². The first-order valence-corrected chi connectivity index (χ1v) is 8.82. The molecule has 2 rings (SSSR count). The molecular formula is C11H9BrClFN2O2S2. The first-order valence-electron chi connectivity index (χ1n) is 5.29. The van der Waals surface area contributed by atoms with E-state index in [0.717, 1.165) is 12.1 Å². The molecule has 1 heterocycles. The lowest BCUT2D eigenvalue weighted by Gasteiger charge is -2.11. The lowest BCUT2D eigenvalue weighted by Crippen LogP contribution is -2.15. The van der Waals surface area contributed by atoms with Crippen LogP contribution in [0.25, 0.3) is 0 Å². The molecule has 108 valence electrons. The van der Waals surface area contributed by atoms with Crippen LogP contribution in [0.1, 0.15) is 4.88 Å². The van der Waals surface area contributed by atoms with Gasteiger partial charge in [0, 0.05) is 15.9 Å². The summed E-state index contributed by atoms with van der Waals surface area (Å²) >= 11 is 10.2. The SMILES string of the molecule is NCc1sccc1S(=O)(=O)Nc1c(Cl)cc(F)cc1Br. The molecule has 0 bridgehead atoms. The summed E-state index contributed by atoms with van der Waals surface area (Å²) in [6.07, 6.45) is 0. The minimum Gasteiger partial charge on any atom is -0.326 e. The Balaban J connectivity index is 2.44. The standard InChI is InChI=1S/C11H9BrClFN2O2S2/c12-7-3-6(14)4-8(13)11(7)16-20(17,18)10-1-2-19-9(10)5-15/h1-4,16H,5,15H2. The molecular weight excluding hydrogens is 391 g/mol. The highest BCUT2D eigenvalue weighted by atomic mass is 79.9. The minimum atomic E-state index is -3.83. The first kappa shape index (κ1) is 15.7.